The summed E-state index contributed by atoms with van der Waals surface area (Å²) in [6, 6.07) is 0. The second-order valence-corrected chi connectivity index (χ2v) is 5.15. The van der Waals surface area contributed by atoms with Crippen molar-refractivity contribution in [3.05, 3.63) is 22.2 Å². The van der Waals surface area contributed by atoms with Gasteiger partial charge in [0.05, 0.1) is 6.61 Å². The molecule has 1 aliphatic rings. The first-order valence-corrected chi connectivity index (χ1v) is 6.98. The summed E-state index contributed by atoms with van der Waals surface area (Å²) in [4.78, 5) is 15.8. The fourth-order valence-corrected chi connectivity index (χ4v) is 2.59. The first-order valence-electron chi connectivity index (χ1n) is 5.75. The van der Waals surface area contributed by atoms with E-state index in [1.165, 1.54) is 18.0 Å². The van der Waals surface area contributed by atoms with E-state index in [0.29, 0.717) is 5.03 Å². The maximum atomic E-state index is 11.9. The number of aryl methyl sites for hydroxylation is 1. The molecule has 0 saturated carbocycles. The fourth-order valence-electron chi connectivity index (χ4n) is 2.05. The third-order valence-corrected chi connectivity index (χ3v) is 3.87. The van der Waals surface area contributed by atoms with E-state index in [4.69, 9.17) is 9.84 Å². The Kier molecular flexibility index (Phi) is 4.26. The van der Waals surface area contributed by atoms with Gasteiger partial charge in [-0.3, -0.25) is 4.57 Å². The minimum atomic E-state index is -1.28. The first kappa shape index (κ1) is 14.5. The summed E-state index contributed by atoms with van der Waals surface area (Å²) in [5, 5.41) is 29.2. The zero-order valence-electron chi connectivity index (χ0n) is 10.6. The summed E-state index contributed by atoms with van der Waals surface area (Å²) in [5.74, 6) is 0. The highest BCUT2D eigenvalue weighted by Gasteiger charge is 2.43. The van der Waals surface area contributed by atoms with E-state index in [0.717, 1.165) is 10.1 Å². The van der Waals surface area contributed by atoms with Crippen molar-refractivity contribution in [1.82, 2.24) is 9.55 Å². The molecule has 0 radical (unpaired) electrons. The van der Waals surface area contributed by atoms with Crippen molar-refractivity contribution in [1.29, 1.82) is 0 Å². The molecule has 1 saturated heterocycles. The highest BCUT2D eigenvalue weighted by Crippen LogP contribution is 2.28. The molecular formula is C11H16N2O5S. The van der Waals surface area contributed by atoms with E-state index in [2.05, 4.69) is 4.98 Å². The number of hydrogen-bond donors (Lipinski definition) is 3. The number of hydrogen-bond acceptors (Lipinski definition) is 7. The third-order valence-electron chi connectivity index (χ3n) is 3.07. The molecule has 0 amide bonds. The number of aliphatic hydroxyl groups is 3. The standard InChI is InChI=1S/C11H16N2O5S/c1-5-3-13(11(17)12-9(5)19-2)10-8(16)7(15)6(4-14)18-10/h3,6-8,10,14-16H,4H2,1-2H3/t6-,7-,8-,10?/m1/s1. The molecule has 1 unspecified atom stereocenters. The summed E-state index contributed by atoms with van der Waals surface area (Å²) >= 11 is 1.35. The number of nitrogens with zero attached hydrogens (tertiary/aromatic N) is 2. The van der Waals surface area contributed by atoms with Crippen molar-refractivity contribution >= 4 is 11.8 Å². The summed E-state index contributed by atoms with van der Waals surface area (Å²) < 4.78 is 6.43. The molecular weight excluding hydrogens is 272 g/mol. The van der Waals surface area contributed by atoms with Gasteiger partial charge in [0.15, 0.2) is 6.23 Å². The predicted octanol–water partition coefficient (Wildman–Crippen LogP) is -1.11. The molecule has 0 aromatic carbocycles. The Labute approximate surface area is 113 Å². The number of ether oxygens (including phenoxy) is 1. The van der Waals surface area contributed by atoms with Crippen LogP contribution >= 0.6 is 11.8 Å². The van der Waals surface area contributed by atoms with Gasteiger partial charge in [-0.25, -0.2) is 4.79 Å². The fraction of sp³-hybridized carbons (Fsp3) is 0.636. The molecule has 1 aliphatic heterocycles. The molecule has 0 spiro atoms. The maximum Gasteiger partial charge on any atom is 0.350 e. The molecule has 106 valence electrons. The van der Waals surface area contributed by atoms with E-state index in [1.54, 1.807) is 6.92 Å². The molecule has 1 aromatic rings. The Morgan fingerprint density at radius 1 is 1.47 bits per heavy atom. The number of aliphatic hydroxyl groups excluding tert-OH is 3. The normalized spacial score (nSPS) is 30.8. The van der Waals surface area contributed by atoms with Crippen molar-refractivity contribution in [2.45, 2.75) is 36.5 Å². The van der Waals surface area contributed by atoms with Gasteiger partial charge in [-0.1, -0.05) is 0 Å². The predicted molar refractivity (Wildman–Crippen MR) is 68.0 cm³/mol. The monoisotopic (exact) mass is 288 g/mol. The van der Waals surface area contributed by atoms with Crippen molar-refractivity contribution < 1.29 is 20.1 Å². The molecule has 19 heavy (non-hydrogen) atoms. The summed E-state index contributed by atoms with van der Waals surface area (Å²) in [6.45, 7) is 1.36. The van der Waals surface area contributed by atoms with E-state index >= 15 is 0 Å². The Balaban J connectivity index is 2.38. The Morgan fingerprint density at radius 2 is 2.16 bits per heavy atom. The van der Waals surface area contributed by atoms with E-state index in [-0.39, 0.29) is 0 Å². The molecule has 0 aliphatic carbocycles. The zero-order chi connectivity index (χ0) is 14.2. The van der Waals surface area contributed by atoms with E-state index in [9.17, 15) is 15.0 Å². The highest BCUT2D eigenvalue weighted by molar-refractivity contribution is 7.98. The molecule has 2 heterocycles. The van der Waals surface area contributed by atoms with Crippen LogP contribution in [0.15, 0.2) is 16.0 Å². The average Bonchev–Trinajstić information content (AvgIpc) is 2.68. The Hall–Kier alpha value is -0.930. The minimum absolute atomic E-state index is 0.432. The van der Waals surface area contributed by atoms with Crippen LogP contribution in [0.25, 0.3) is 0 Å². The van der Waals surface area contributed by atoms with Crippen molar-refractivity contribution in [2.75, 3.05) is 12.9 Å². The second-order valence-electron chi connectivity index (χ2n) is 4.35. The van der Waals surface area contributed by atoms with Crippen molar-refractivity contribution in [3.8, 4) is 0 Å². The third kappa shape index (κ3) is 2.54. The van der Waals surface area contributed by atoms with Gasteiger partial charge < -0.3 is 20.1 Å². The number of aromatic nitrogens is 2. The van der Waals surface area contributed by atoms with Crippen LogP contribution in [0.4, 0.5) is 0 Å². The molecule has 8 heteroatoms. The Bertz CT molecular complexity index is 520. The molecule has 0 bridgehead atoms. The number of thioether (sulfide) groups is 1. The van der Waals surface area contributed by atoms with Gasteiger partial charge in [0.25, 0.3) is 0 Å². The molecule has 3 N–H and O–H groups in total. The van der Waals surface area contributed by atoms with Crippen LogP contribution in [0.1, 0.15) is 11.8 Å². The zero-order valence-corrected chi connectivity index (χ0v) is 11.4. The lowest BCUT2D eigenvalue weighted by Gasteiger charge is -2.18. The van der Waals surface area contributed by atoms with Crippen LogP contribution < -0.4 is 5.69 Å². The van der Waals surface area contributed by atoms with Crippen LogP contribution in [-0.2, 0) is 4.74 Å². The SMILES string of the molecule is CSc1nc(=O)n(C2O[C@H](CO)[C@@H](O)[C@H]2O)cc1C. The molecule has 4 atom stereocenters. The lowest BCUT2D eigenvalue weighted by Crippen LogP contribution is -2.36. The molecule has 1 fully saturated rings. The van der Waals surface area contributed by atoms with Gasteiger partial charge in [0, 0.05) is 6.20 Å². The summed E-state index contributed by atoms with van der Waals surface area (Å²) in [5.41, 5.74) is 0.203. The second kappa shape index (κ2) is 5.59. The van der Waals surface area contributed by atoms with Crippen LogP contribution in [0.5, 0.6) is 0 Å². The smallest absolute Gasteiger partial charge is 0.350 e. The van der Waals surface area contributed by atoms with Crippen molar-refractivity contribution in [2.24, 2.45) is 0 Å². The lowest BCUT2D eigenvalue weighted by atomic mass is 10.1. The summed E-state index contributed by atoms with van der Waals surface area (Å²) in [7, 11) is 0. The Morgan fingerprint density at radius 3 is 2.68 bits per heavy atom. The van der Waals surface area contributed by atoms with Gasteiger partial charge >= 0.3 is 5.69 Å². The lowest BCUT2D eigenvalue weighted by molar-refractivity contribution is -0.0552. The van der Waals surface area contributed by atoms with E-state index in [1.807, 2.05) is 6.26 Å². The van der Waals surface area contributed by atoms with Crippen LogP contribution in [0.3, 0.4) is 0 Å². The molecule has 1 aromatic heterocycles. The topological polar surface area (TPSA) is 105 Å². The van der Waals surface area contributed by atoms with Gasteiger partial charge in [0.2, 0.25) is 0 Å². The van der Waals surface area contributed by atoms with Gasteiger partial charge in [0.1, 0.15) is 23.3 Å². The van der Waals surface area contributed by atoms with E-state index < -0.39 is 36.8 Å². The maximum absolute atomic E-state index is 11.9. The highest BCUT2D eigenvalue weighted by atomic mass is 32.2. The summed E-state index contributed by atoms with van der Waals surface area (Å²) in [6.07, 6.45) is -1.12. The number of rotatable bonds is 3. The molecule has 7 nitrogen and oxygen atoms in total. The van der Waals surface area contributed by atoms with Gasteiger partial charge in [-0.05, 0) is 18.7 Å². The average molecular weight is 288 g/mol. The van der Waals surface area contributed by atoms with Crippen LogP contribution in [0, 0.1) is 6.92 Å². The largest absolute Gasteiger partial charge is 0.394 e. The molecule has 2 rings (SSSR count). The van der Waals surface area contributed by atoms with Crippen LogP contribution in [-0.4, -0.2) is 56.0 Å². The van der Waals surface area contributed by atoms with Crippen molar-refractivity contribution in [3.63, 3.8) is 0 Å². The van der Waals surface area contributed by atoms with Gasteiger partial charge in [-0.15, -0.1) is 11.8 Å². The minimum Gasteiger partial charge on any atom is -0.394 e. The quantitative estimate of drug-likeness (QED) is 0.478. The first-order chi connectivity index (χ1) is 8.99. The van der Waals surface area contributed by atoms with Crippen LogP contribution in [0.2, 0.25) is 0 Å². The van der Waals surface area contributed by atoms with Gasteiger partial charge in [-0.2, -0.15) is 4.98 Å².